The van der Waals surface area contributed by atoms with Gasteiger partial charge in [0.05, 0.1) is 4.88 Å². The second kappa shape index (κ2) is 8.99. The highest BCUT2D eigenvalue weighted by atomic mass is 32.1. The predicted octanol–water partition coefficient (Wildman–Crippen LogP) is 4.49. The Morgan fingerprint density at radius 3 is 2.48 bits per heavy atom. The number of thiophene rings is 1. The van der Waals surface area contributed by atoms with Crippen LogP contribution in [0.15, 0.2) is 30.3 Å². The van der Waals surface area contributed by atoms with E-state index in [1.807, 2.05) is 11.8 Å². The van der Waals surface area contributed by atoms with E-state index in [2.05, 4.69) is 42.2 Å². The zero-order chi connectivity index (χ0) is 20.4. The van der Waals surface area contributed by atoms with Crippen LogP contribution in [0.1, 0.15) is 59.3 Å². The number of amides is 1. The van der Waals surface area contributed by atoms with Crippen LogP contribution >= 0.6 is 11.3 Å². The fourth-order valence-corrected chi connectivity index (χ4v) is 5.82. The first kappa shape index (κ1) is 20.6. The Kier molecular flexibility index (Phi) is 6.38. The molecule has 0 saturated carbocycles. The molecular weight excluding hydrogens is 378 g/mol. The molecule has 2 aliphatic heterocycles. The highest BCUT2D eigenvalue weighted by molar-refractivity contribution is 7.17. The standard InChI is InChI=1S/C24H33N3OS/c1-3-11-26-12-8-19(9-13-26)18-4-6-20(7-5-18)22-15-17(2)23(29-22)24(28)27-14-10-21(25)16-27/h4-7,15,19,21H,3,8-14,16,25H2,1-2H3/t21-/m0/s1. The Labute approximate surface area is 178 Å². The lowest BCUT2D eigenvalue weighted by atomic mass is 9.89. The molecular formula is C24H33N3OS. The van der Waals surface area contributed by atoms with Crippen LogP contribution in [0, 0.1) is 6.92 Å². The van der Waals surface area contributed by atoms with Gasteiger partial charge in [-0.05, 0) is 80.9 Å². The fourth-order valence-electron chi connectivity index (χ4n) is 4.68. The lowest BCUT2D eigenvalue weighted by Crippen LogP contribution is -2.33. The first-order chi connectivity index (χ1) is 14.0. The van der Waals surface area contributed by atoms with Crippen LogP contribution in [0.4, 0.5) is 0 Å². The SMILES string of the molecule is CCCN1CCC(c2ccc(-c3cc(C)c(C(=O)N4CC[C@H](N)C4)s3)cc2)CC1. The maximum Gasteiger partial charge on any atom is 0.264 e. The Morgan fingerprint density at radius 1 is 1.14 bits per heavy atom. The van der Waals surface area contributed by atoms with Gasteiger partial charge in [-0.2, -0.15) is 0 Å². The van der Waals surface area contributed by atoms with E-state index in [0.29, 0.717) is 12.5 Å². The molecule has 2 aromatic rings. The van der Waals surface area contributed by atoms with Crippen molar-refractivity contribution in [3.63, 3.8) is 0 Å². The molecule has 5 heteroatoms. The number of benzene rings is 1. The van der Waals surface area contributed by atoms with Crippen molar-refractivity contribution in [2.24, 2.45) is 5.73 Å². The molecule has 29 heavy (non-hydrogen) atoms. The molecule has 0 unspecified atom stereocenters. The quantitative estimate of drug-likeness (QED) is 0.789. The first-order valence-corrected chi connectivity index (χ1v) is 11.8. The smallest absolute Gasteiger partial charge is 0.264 e. The molecule has 4 nitrogen and oxygen atoms in total. The van der Waals surface area contributed by atoms with Gasteiger partial charge in [0.1, 0.15) is 0 Å². The minimum absolute atomic E-state index is 0.125. The third kappa shape index (κ3) is 4.57. The summed E-state index contributed by atoms with van der Waals surface area (Å²) < 4.78 is 0. The van der Waals surface area contributed by atoms with Crippen molar-refractivity contribution in [1.29, 1.82) is 0 Å². The van der Waals surface area contributed by atoms with Crippen molar-refractivity contribution < 1.29 is 4.79 Å². The monoisotopic (exact) mass is 411 g/mol. The Morgan fingerprint density at radius 2 is 1.86 bits per heavy atom. The molecule has 2 N–H and O–H groups in total. The summed E-state index contributed by atoms with van der Waals surface area (Å²) in [5, 5.41) is 0. The highest BCUT2D eigenvalue weighted by Crippen LogP contribution is 2.35. The summed E-state index contributed by atoms with van der Waals surface area (Å²) in [6, 6.07) is 11.3. The molecule has 2 aliphatic rings. The van der Waals surface area contributed by atoms with Crippen molar-refractivity contribution in [2.75, 3.05) is 32.7 Å². The van der Waals surface area contributed by atoms with Crippen molar-refractivity contribution >= 4 is 17.2 Å². The van der Waals surface area contributed by atoms with Gasteiger partial charge in [0.2, 0.25) is 0 Å². The number of carbonyl (C=O) groups is 1. The lowest BCUT2D eigenvalue weighted by molar-refractivity contribution is 0.0795. The third-order valence-electron chi connectivity index (χ3n) is 6.42. The summed E-state index contributed by atoms with van der Waals surface area (Å²) in [6.45, 7) is 9.42. The van der Waals surface area contributed by atoms with Crippen molar-refractivity contribution in [3.8, 4) is 10.4 Å². The van der Waals surface area contributed by atoms with Crippen molar-refractivity contribution in [1.82, 2.24) is 9.80 Å². The van der Waals surface area contributed by atoms with Crippen LogP contribution in [-0.2, 0) is 0 Å². The summed E-state index contributed by atoms with van der Waals surface area (Å²) in [6.07, 6.45) is 4.67. The maximum absolute atomic E-state index is 12.9. The molecule has 0 spiro atoms. The van der Waals surface area contributed by atoms with Gasteiger partial charge in [0.15, 0.2) is 0 Å². The molecule has 3 heterocycles. The zero-order valence-electron chi connectivity index (χ0n) is 17.7. The first-order valence-electron chi connectivity index (χ1n) is 11.0. The Balaban J connectivity index is 1.44. The van der Waals surface area contributed by atoms with Gasteiger partial charge in [-0.3, -0.25) is 4.79 Å². The van der Waals surface area contributed by atoms with Crippen LogP contribution in [0.3, 0.4) is 0 Å². The number of nitrogens with two attached hydrogens (primary N) is 1. The second-order valence-electron chi connectivity index (χ2n) is 8.66. The molecule has 2 saturated heterocycles. The number of likely N-dealkylation sites (tertiary alicyclic amines) is 2. The molecule has 0 radical (unpaired) electrons. The van der Waals surface area contributed by atoms with E-state index in [1.165, 1.54) is 54.9 Å². The highest BCUT2D eigenvalue weighted by Gasteiger charge is 2.27. The fraction of sp³-hybridized carbons (Fsp3) is 0.542. The molecule has 4 rings (SSSR count). The lowest BCUT2D eigenvalue weighted by Gasteiger charge is -2.32. The molecule has 1 aromatic heterocycles. The minimum atomic E-state index is 0.125. The summed E-state index contributed by atoms with van der Waals surface area (Å²) in [7, 11) is 0. The van der Waals surface area contributed by atoms with E-state index >= 15 is 0 Å². The van der Waals surface area contributed by atoms with E-state index in [1.54, 1.807) is 11.3 Å². The summed E-state index contributed by atoms with van der Waals surface area (Å²) in [5.41, 5.74) is 9.72. The van der Waals surface area contributed by atoms with E-state index in [0.717, 1.165) is 23.4 Å². The van der Waals surface area contributed by atoms with Gasteiger partial charge in [-0.25, -0.2) is 0 Å². The van der Waals surface area contributed by atoms with Crippen LogP contribution in [0.25, 0.3) is 10.4 Å². The largest absolute Gasteiger partial charge is 0.336 e. The molecule has 1 amide bonds. The number of carbonyl (C=O) groups excluding carboxylic acids is 1. The van der Waals surface area contributed by atoms with Crippen LogP contribution in [-0.4, -0.2) is 54.5 Å². The molecule has 1 aromatic carbocycles. The third-order valence-corrected chi connectivity index (χ3v) is 7.69. The average molecular weight is 412 g/mol. The van der Waals surface area contributed by atoms with Crippen molar-refractivity contribution in [3.05, 3.63) is 46.3 Å². The number of piperidine rings is 1. The number of aryl methyl sites for hydroxylation is 1. The summed E-state index contributed by atoms with van der Waals surface area (Å²) in [5.74, 6) is 0.820. The normalized spacial score (nSPS) is 21.1. The Hall–Kier alpha value is -1.69. The number of rotatable bonds is 5. The number of hydrogen-bond donors (Lipinski definition) is 1. The molecule has 0 aliphatic carbocycles. The van der Waals surface area contributed by atoms with E-state index < -0.39 is 0 Å². The van der Waals surface area contributed by atoms with E-state index in [4.69, 9.17) is 5.73 Å². The summed E-state index contributed by atoms with van der Waals surface area (Å²) in [4.78, 5) is 19.4. The average Bonchev–Trinajstić information content (AvgIpc) is 3.34. The van der Waals surface area contributed by atoms with Crippen LogP contribution in [0.5, 0.6) is 0 Å². The Bertz CT molecular complexity index is 836. The van der Waals surface area contributed by atoms with Gasteiger partial charge in [-0.1, -0.05) is 31.2 Å². The maximum atomic E-state index is 12.9. The van der Waals surface area contributed by atoms with Gasteiger partial charge in [0.25, 0.3) is 5.91 Å². The second-order valence-corrected chi connectivity index (χ2v) is 9.71. The minimum Gasteiger partial charge on any atom is -0.336 e. The van der Waals surface area contributed by atoms with E-state index in [-0.39, 0.29) is 11.9 Å². The van der Waals surface area contributed by atoms with Crippen LogP contribution in [0.2, 0.25) is 0 Å². The topological polar surface area (TPSA) is 49.6 Å². The van der Waals surface area contributed by atoms with Crippen LogP contribution < -0.4 is 5.73 Å². The molecule has 1 atom stereocenters. The van der Waals surface area contributed by atoms with Crippen molar-refractivity contribution in [2.45, 2.75) is 51.5 Å². The van der Waals surface area contributed by atoms with Gasteiger partial charge in [-0.15, -0.1) is 11.3 Å². The van der Waals surface area contributed by atoms with Gasteiger partial charge >= 0.3 is 0 Å². The predicted molar refractivity (Wildman–Crippen MR) is 122 cm³/mol. The molecule has 2 fully saturated rings. The molecule has 156 valence electrons. The number of hydrogen-bond acceptors (Lipinski definition) is 4. The van der Waals surface area contributed by atoms with E-state index in [9.17, 15) is 4.79 Å². The zero-order valence-corrected chi connectivity index (χ0v) is 18.5. The number of nitrogens with zero attached hydrogens (tertiary/aromatic N) is 2. The van der Waals surface area contributed by atoms with Gasteiger partial charge < -0.3 is 15.5 Å². The summed E-state index contributed by atoms with van der Waals surface area (Å²) >= 11 is 1.62. The van der Waals surface area contributed by atoms with Gasteiger partial charge in [0, 0.05) is 24.0 Å². The molecule has 0 bridgehead atoms.